The van der Waals surface area contributed by atoms with E-state index in [4.69, 9.17) is 16.3 Å². The molecule has 144 valence electrons. The Hall–Kier alpha value is -2.53. The molecule has 0 aliphatic heterocycles. The second kappa shape index (κ2) is 10.6. The normalized spacial score (nSPS) is 10.3. The van der Waals surface area contributed by atoms with Gasteiger partial charge in [0.15, 0.2) is 0 Å². The van der Waals surface area contributed by atoms with Crippen molar-refractivity contribution in [1.82, 2.24) is 10.2 Å². The molecule has 6 heteroatoms. The van der Waals surface area contributed by atoms with Crippen molar-refractivity contribution in [1.29, 1.82) is 0 Å². The largest absolute Gasteiger partial charge is 0.497 e. The smallest absolute Gasteiger partial charge is 0.239 e. The van der Waals surface area contributed by atoms with Gasteiger partial charge < -0.3 is 15.0 Å². The van der Waals surface area contributed by atoms with E-state index in [2.05, 4.69) is 5.32 Å². The van der Waals surface area contributed by atoms with E-state index in [9.17, 15) is 9.59 Å². The van der Waals surface area contributed by atoms with Crippen LogP contribution in [0.15, 0.2) is 48.5 Å². The van der Waals surface area contributed by atoms with Crippen LogP contribution in [-0.4, -0.2) is 43.5 Å². The van der Waals surface area contributed by atoms with Crippen LogP contribution in [-0.2, 0) is 22.4 Å². The fraction of sp³-hybridized carbons (Fsp3) is 0.333. The molecule has 0 aliphatic carbocycles. The number of hydrogen-bond donors (Lipinski definition) is 1. The molecule has 0 spiro atoms. The fourth-order valence-corrected chi connectivity index (χ4v) is 2.92. The molecule has 0 radical (unpaired) electrons. The Kier molecular flexibility index (Phi) is 8.14. The highest BCUT2D eigenvalue weighted by molar-refractivity contribution is 6.30. The standard InChI is InChI=1S/C21H25ClN2O3/c1-16(25)24(12-10-18-6-4-8-20(14-18)27-2)15-21(26)23-11-9-17-5-3-7-19(22)13-17/h3-8,13-14H,9-12,15H2,1-2H3,(H,23,26). The van der Waals surface area contributed by atoms with Crippen molar-refractivity contribution in [3.8, 4) is 5.75 Å². The molecule has 2 rings (SSSR count). The molecule has 2 aromatic rings. The Labute approximate surface area is 165 Å². The summed E-state index contributed by atoms with van der Waals surface area (Å²) in [4.78, 5) is 25.6. The number of nitrogens with zero attached hydrogens (tertiary/aromatic N) is 1. The van der Waals surface area contributed by atoms with Crippen LogP contribution in [0.5, 0.6) is 5.75 Å². The molecule has 5 nitrogen and oxygen atoms in total. The lowest BCUT2D eigenvalue weighted by Crippen LogP contribution is -2.41. The number of hydrogen-bond acceptors (Lipinski definition) is 3. The van der Waals surface area contributed by atoms with Gasteiger partial charge in [0.2, 0.25) is 11.8 Å². The van der Waals surface area contributed by atoms with Crippen LogP contribution < -0.4 is 10.1 Å². The summed E-state index contributed by atoms with van der Waals surface area (Å²) in [5.41, 5.74) is 2.12. The Balaban J connectivity index is 1.80. The summed E-state index contributed by atoms with van der Waals surface area (Å²) in [6.07, 6.45) is 1.35. The van der Waals surface area contributed by atoms with Gasteiger partial charge in [-0.3, -0.25) is 9.59 Å². The summed E-state index contributed by atoms with van der Waals surface area (Å²) < 4.78 is 5.21. The van der Waals surface area contributed by atoms with E-state index in [0.29, 0.717) is 31.0 Å². The maximum Gasteiger partial charge on any atom is 0.239 e. The summed E-state index contributed by atoms with van der Waals surface area (Å²) in [6, 6.07) is 15.2. The lowest BCUT2D eigenvalue weighted by Gasteiger charge is -2.20. The Morgan fingerprint density at radius 2 is 1.78 bits per heavy atom. The van der Waals surface area contributed by atoms with Crippen LogP contribution in [0.25, 0.3) is 0 Å². The fourth-order valence-electron chi connectivity index (χ4n) is 2.71. The van der Waals surface area contributed by atoms with Crippen LogP contribution in [0.1, 0.15) is 18.1 Å². The van der Waals surface area contributed by atoms with Crippen molar-refractivity contribution in [3.63, 3.8) is 0 Å². The predicted octanol–water partition coefficient (Wildman–Crippen LogP) is 3.10. The molecule has 0 bridgehead atoms. The molecule has 2 amide bonds. The first-order chi connectivity index (χ1) is 13.0. The molecule has 0 aliphatic rings. The second-order valence-corrected chi connectivity index (χ2v) is 6.71. The maximum atomic E-state index is 12.2. The minimum atomic E-state index is -0.169. The van der Waals surface area contributed by atoms with Crippen LogP contribution in [0, 0.1) is 0 Å². The SMILES string of the molecule is COc1cccc(CCN(CC(=O)NCCc2cccc(Cl)c2)C(C)=O)c1. The Bertz CT molecular complexity index is 780. The summed E-state index contributed by atoms with van der Waals surface area (Å²) in [5, 5.41) is 3.54. The third-order valence-corrected chi connectivity index (χ3v) is 4.44. The van der Waals surface area contributed by atoms with Gasteiger partial charge >= 0.3 is 0 Å². The summed E-state index contributed by atoms with van der Waals surface area (Å²) >= 11 is 5.95. The van der Waals surface area contributed by atoms with E-state index in [1.54, 1.807) is 12.0 Å². The first-order valence-electron chi connectivity index (χ1n) is 8.87. The van der Waals surface area contributed by atoms with Gasteiger partial charge in [-0.05, 0) is 48.2 Å². The van der Waals surface area contributed by atoms with Gasteiger partial charge in [0, 0.05) is 25.0 Å². The number of methoxy groups -OCH3 is 1. The van der Waals surface area contributed by atoms with Crippen molar-refractivity contribution >= 4 is 23.4 Å². The van der Waals surface area contributed by atoms with Crippen LogP contribution >= 0.6 is 11.6 Å². The summed E-state index contributed by atoms with van der Waals surface area (Å²) in [6.45, 7) is 2.50. The zero-order valence-corrected chi connectivity index (χ0v) is 16.5. The van der Waals surface area contributed by atoms with Gasteiger partial charge in [-0.1, -0.05) is 35.9 Å². The number of carbonyl (C=O) groups is 2. The minimum Gasteiger partial charge on any atom is -0.497 e. The molecular weight excluding hydrogens is 364 g/mol. The highest BCUT2D eigenvalue weighted by atomic mass is 35.5. The van der Waals surface area contributed by atoms with Gasteiger partial charge in [0.1, 0.15) is 5.75 Å². The Morgan fingerprint density at radius 3 is 2.44 bits per heavy atom. The number of ether oxygens (including phenoxy) is 1. The molecule has 0 atom stereocenters. The van der Waals surface area contributed by atoms with E-state index in [1.807, 2.05) is 48.5 Å². The molecule has 27 heavy (non-hydrogen) atoms. The number of nitrogens with one attached hydrogen (secondary N) is 1. The van der Waals surface area contributed by atoms with Crippen molar-refractivity contribution in [3.05, 3.63) is 64.7 Å². The molecule has 1 N–H and O–H groups in total. The number of amides is 2. The average Bonchev–Trinajstić information content (AvgIpc) is 2.65. The van der Waals surface area contributed by atoms with E-state index in [0.717, 1.165) is 16.9 Å². The zero-order valence-electron chi connectivity index (χ0n) is 15.7. The van der Waals surface area contributed by atoms with Gasteiger partial charge in [0.25, 0.3) is 0 Å². The van der Waals surface area contributed by atoms with Crippen LogP contribution in [0.2, 0.25) is 5.02 Å². The van der Waals surface area contributed by atoms with E-state index >= 15 is 0 Å². The van der Waals surface area contributed by atoms with Crippen molar-refractivity contribution in [2.75, 3.05) is 26.7 Å². The average molecular weight is 389 g/mol. The third-order valence-electron chi connectivity index (χ3n) is 4.21. The highest BCUT2D eigenvalue weighted by Crippen LogP contribution is 2.13. The lowest BCUT2D eigenvalue weighted by molar-refractivity contribution is -0.134. The van der Waals surface area contributed by atoms with E-state index < -0.39 is 0 Å². The monoisotopic (exact) mass is 388 g/mol. The molecule has 0 aromatic heterocycles. The Morgan fingerprint density at radius 1 is 1.07 bits per heavy atom. The number of carbonyl (C=O) groups excluding carboxylic acids is 2. The van der Waals surface area contributed by atoms with Crippen LogP contribution in [0.4, 0.5) is 0 Å². The van der Waals surface area contributed by atoms with Gasteiger partial charge in [-0.15, -0.1) is 0 Å². The predicted molar refractivity (Wildman–Crippen MR) is 107 cm³/mol. The second-order valence-electron chi connectivity index (χ2n) is 6.27. The molecule has 0 fully saturated rings. The van der Waals surface area contributed by atoms with Gasteiger partial charge in [0.05, 0.1) is 13.7 Å². The summed E-state index contributed by atoms with van der Waals surface area (Å²) in [7, 11) is 1.62. The summed E-state index contributed by atoms with van der Waals surface area (Å²) in [5.74, 6) is 0.487. The van der Waals surface area contributed by atoms with Crippen molar-refractivity contribution in [2.24, 2.45) is 0 Å². The molecule has 0 heterocycles. The highest BCUT2D eigenvalue weighted by Gasteiger charge is 2.13. The number of benzene rings is 2. The van der Waals surface area contributed by atoms with E-state index in [-0.39, 0.29) is 18.4 Å². The number of rotatable bonds is 9. The first-order valence-corrected chi connectivity index (χ1v) is 9.25. The minimum absolute atomic E-state index is 0.0504. The molecule has 0 saturated heterocycles. The quantitative estimate of drug-likeness (QED) is 0.718. The van der Waals surface area contributed by atoms with Crippen molar-refractivity contribution in [2.45, 2.75) is 19.8 Å². The zero-order chi connectivity index (χ0) is 19.6. The first kappa shape index (κ1) is 20.8. The molecular formula is C21H25ClN2O3. The molecule has 0 saturated carbocycles. The molecule has 0 unspecified atom stereocenters. The van der Waals surface area contributed by atoms with Gasteiger partial charge in [-0.2, -0.15) is 0 Å². The number of halogens is 1. The maximum absolute atomic E-state index is 12.2. The van der Waals surface area contributed by atoms with Crippen LogP contribution in [0.3, 0.4) is 0 Å². The lowest BCUT2D eigenvalue weighted by atomic mass is 10.1. The van der Waals surface area contributed by atoms with Crippen molar-refractivity contribution < 1.29 is 14.3 Å². The molecule has 2 aromatic carbocycles. The third kappa shape index (κ3) is 7.31. The van der Waals surface area contributed by atoms with E-state index in [1.165, 1.54) is 6.92 Å². The van der Waals surface area contributed by atoms with Gasteiger partial charge in [-0.25, -0.2) is 0 Å². The topological polar surface area (TPSA) is 58.6 Å².